The van der Waals surface area contributed by atoms with E-state index in [2.05, 4.69) is 0 Å². The van der Waals surface area contributed by atoms with Crippen molar-refractivity contribution in [1.82, 2.24) is 4.31 Å². The van der Waals surface area contributed by atoms with Gasteiger partial charge in [-0.05, 0) is 31.9 Å². The van der Waals surface area contributed by atoms with E-state index >= 15 is 0 Å². The number of nitriles is 1. The van der Waals surface area contributed by atoms with Gasteiger partial charge in [0, 0.05) is 6.54 Å². The van der Waals surface area contributed by atoms with Crippen molar-refractivity contribution in [2.45, 2.75) is 30.0 Å². The number of thiophene rings is 1. The molecule has 1 saturated heterocycles. The lowest BCUT2D eigenvalue weighted by Gasteiger charge is -2.21. The van der Waals surface area contributed by atoms with E-state index in [4.69, 9.17) is 10.00 Å². The molecule has 0 bridgehead atoms. The van der Waals surface area contributed by atoms with Gasteiger partial charge in [-0.2, -0.15) is 9.57 Å². The zero-order chi connectivity index (χ0) is 14.8. The van der Waals surface area contributed by atoms with Gasteiger partial charge in [-0.1, -0.05) is 0 Å². The monoisotopic (exact) mass is 314 g/mol. The van der Waals surface area contributed by atoms with Crippen LogP contribution < -0.4 is 0 Å². The minimum Gasteiger partial charge on any atom is -0.465 e. The highest BCUT2D eigenvalue weighted by Gasteiger charge is 2.40. The first kappa shape index (κ1) is 15.0. The molecular formula is C12H14N2O4S2. The standard InChI is InChI=1S/C12H14N2O4S2/c1-2-18-12(15)10-4-3-7-14(10)20(16,17)11-6-5-9(8-13)19-11/h5-6,10H,2-4,7H2,1H3. The van der Waals surface area contributed by atoms with Crippen LogP contribution in [0, 0.1) is 11.3 Å². The summed E-state index contributed by atoms with van der Waals surface area (Å²) in [6, 6.07) is 4.02. The Bertz CT molecular complexity index is 645. The van der Waals surface area contributed by atoms with Gasteiger partial charge >= 0.3 is 5.97 Å². The molecule has 1 aliphatic heterocycles. The fourth-order valence-electron chi connectivity index (χ4n) is 2.14. The summed E-state index contributed by atoms with van der Waals surface area (Å²) in [5.74, 6) is -0.509. The van der Waals surface area contributed by atoms with Gasteiger partial charge in [0.1, 0.15) is 21.2 Å². The van der Waals surface area contributed by atoms with Crippen molar-refractivity contribution in [3.8, 4) is 6.07 Å². The first-order valence-corrected chi connectivity index (χ1v) is 8.44. The first-order chi connectivity index (χ1) is 9.50. The van der Waals surface area contributed by atoms with Crippen LogP contribution in [0.3, 0.4) is 0 Å². The zero-order valence-corrected chi connectivity index (χ0v) is 12.5. The highest BCUT2D eigenvalue weighted by Crippen LogP contribution is 2.30. The molecule has 0 amide bonds. The lowest BCUT2D eigenvalue weighted by atomic mass is 10.2. The number of sulfonamides is 1. The van der Waals surface area contributed by atoms with Crippen LogP contribution in [0.25, 0.3) is 0 Å². The molecule has 1 fully saturated rings. The van der Waals surface area contributed by atoms with Crippen molar-refractivity contribution in [2.24, 2.45) is 0 Å². The van der Waals surface area contributed by atoms with Gasteiger partial charge in [0.25, 0.3) is 10.0 Å². The first-order valence-electron chi connectivity index (χ1n) is 6.19. The van der Waals surface area contributed by atoms with Gasteiger partial charge in [0.15, 0.2) is 0 Å². The van der Waals surface area contributed by atoms with Crippen LogP contribution in [-0.4, -0.2) is 37.9 Å². The van der Waals surface area contributed by atoms with E-state index in [0.717, 1.165) is 11.3 Å². The molecule has 1 aromatic rings. The molecule has 1 aliphatic rings. The Balaban J connectivity index is 2.29. The molecule has 2 rings (SSSR count). The third kappa shape index (κ3) is 2.70. The smallest absolute Gasteiger partial charge is 0.324 e. The Hall–Kier alpha value is -1.43. The normalized spacial score (nSPS) is 19.7. The summed E-state index contributed by atoms with van der Waals surface area (Å²) < 4.78 is 31.2. The third-order valence-corrected chi connectivity index (χ3v) is 6.38. The molecule has 1 aromatic heterocycles. The van der Waals surface area contributed by atoms with Crippen LogP contribution in [0.15, 0.2) is 16.3 Å². The summed E-state index contributed by atoms with van der Waals surface area (Å²) >= 11 is 0.911. The van der Waals surface area contributed by atoms with E-state index in [0.29, 0.717) is 24.3 Å². The zero-order valence-electron chi connectivity index (χ0n) is 10.9. The summed E-state index contributed by atoms with van der Waals surface area (Å²) in [4.78, 5) is 12.1. The van der Waals surface area contributed by atoms with Crippen molar-refractivity contribution >= 4 is 27.3 Å². The molecule has 0 radical (unpaired) electrons. The molecule has 0 saturated carbocycles. The average molecular weight is 314 g/mol. The molecule has 0 aliphatic carbocycles. The lowest BCUT2D eigenvalue weighted by molar-refractivity contribution is -0.146. The van der Waals surface area contributed by atoms with Crippen LogP contribution in [0.2, 0.25) is 0 Å². The van der Waals surface area contributed by atoms with E-state index in [1.807, 2.05) is 6.07 Å². The van der Waals surface area contributed by atoms with Crippen molar-refractivity contribution < 1.29 is 17.9 Å². The maximum atomic E-state index is 12.5. The molecule has 108 valence electrons. The maximum absolute atomic E-state index is 12.5. The Labute approximate surface area is 121 Å². The predicted octanol–water partition coefficient (Wildman–Crippen LogP) is 1.34. The van der Waals surface area contributed by atoms with Gasteiger partial charge in [0.2, 0.25) is 0 Å². The number of ether oxygens (including phenoxy) is 1. The van der Waals surface area contributed by atoms with E-state index in [9.17, 15) is 13.2 Å². The number of carbonyl (C=O) groups excluding carboxylic acids is 1. The lowest BCUT2D eigenvalue weighted by Crippen LogP contribution is -2.41. The Morgan fingerprint density at radius 3 is 2.95 bits per heavy atom. The molecule has 1 unspecified atom stereocenters. The summed E-state index contributed by atoms with van der Waals surface area (Å²) in [6.07, 6.45) is 1.09. The summed E-state index contributed by atoms with van der Waals surface area (Å²) in [5.41, 5.74) is 0. The highest BCUT2D eigenvalue weighted by atomic mass is 32.2. The van der Waals surface area contributed by atoms with Gasteiger partial charge in [-0.15, -0.1) is 11.3 Å². The topological polar surface area (TPSA) is 87.5 Å². The summed E-state index contributed by atoms with van der Waals surface area (Å²) in [7, 11) is -3.74. The SMILES string of the molecule is CCOC(=O)C1CCCN1S(=O)(=O)c1ccc(C#N)s1. The molecule has 0 N–H and O–H groups in total. The average Bonchev–Trinajstić information content (AvgIpc) is 3.08. The van der Waals surface area contributed by atoms with Crippen molar-refractivity contribution in [3.05, 3.63) is 17.0 Å². The van der Waals surface area contributed by atoms with Crippen LogP contribution in [0.4, 0.5) is 0 Å². The van der Waals surface area contributed by atoms with Crippen LogP contribution >= 0.6 is 11.3 Å². The molecule has 2 heterocycles. The van der Waals surface area contributed by atoms with Crippen molar-refractivity contribution in [1.29, 1.82) is 5.26 Å². The second-order valence-corrected chi connectivity index (χ2v) is 7.46. The minimum atomic E-state index is -3.74. The molecule has 6 nitrogen and oxygen atoms in total. The molecule has 0 aromatic carbocycles. The van der Waals surface area contributed by atoms with Crippen molar-refractivity contribution in [3.63, 3.8) is 0 Å². The largest absolute Gasteiger partial charge is 0.465 e. The number of hydrogen-bond acceptors (Lipinski definition) is 6. The number of hydrogen-bond donors (Lipinski definition) is 0. The van der Waals surface area contributed by atoms with Crippen LogP contribution in [0.1, 0.15) is 24.6 Å². The van der Waals surface area contributed by atoms with Gasteiger partial charge in [-0.25, -0.2) is 8.42 Å². The Kier molecular flexibility index (Phi) is 4.42. The Morgan fingerprint density at radius 1 is 1.60 bits per heavy atom. The number of carbonyl (C=O) groups is 1. The fourth-order valence-corrected chi connectivity index (χ4v) is 5.02. The number of esters is 1. The van der Waals surface area contributed by atoms with Gasteiger partial charge in [0.05, 0.1) is 6.61 Å². The third-order valence-electron chi connectivity index (χ3n) is 3.02. The summed E-state index contributed by atoms with van der Waals surface area (Å²) in [5, 5.41) is 8.77. The second kappa shape index (κ2) is 5.91. The highest BCUT2D eigenvalue weighted by molar-refractivity contribution is 7.91. The quantitative estimate of drug-likeness (QED) is 0.783. The molecule has 20 heavy (non-hydrogen) atoms. The number of rotatable bonds is 4. The molecule has 8 heteroatoms. The molecule has 1 atom stereocenters. The van der Waals surface area contributed by atoms with E-state index in [1.54, 1.807) is 6.92 Å². The Morgan fingerprint density at radius 2 is 2.35 bits per heavy atom. The molecular weight excluding hydrogens is 300 g/mol. The van der Waals surface area contributed by atoms with E-state index in [1.165, 1.54) is 16.4 Å². The van der Waals surface area contributed by atoms with Crippen LogP contribution in [0.5, 0.6) is 0 Å². The number of nitrogens with zero attached hydrogens (tertiary/aromatic N) is 2. The van der Waals surface area contributed by atoms with Gasteiger partial charge < -0.3 is 4.74 Å². The van der Waals surface area contributed by atoms with E-state index in [-0.39, 0.29) is 10.8 Å². The fraction of sp³-hybridized carbons (Fsp3) is 0.500. The summed E-state index contributed by atoms with van der Waals surface area (Å²) in [6.45, 7) is 2.20. The minimum absolute atomic E-state index is 0.0882. The van der Waals surface area contributed by atoms with E-state index < -0.39 is 22.0 Å². The maximum Gasteiger partial charge on any atom is 0.324 e. The molecule has 0 spiro atoms. The van der Waals surface area contributed by atoms with Crippen LogP contribution in [-0.2, 0) is 19.6 Å². The predicted molar refractivity (Wildman–Crippen MR) is 72.6 cm³/mol. The van der Waals surface area contributed by atoms with Gasteiger partial charge in [-0.3, -0.25) is 4.79 Å². The second-order valence-electron chi connectivity index (χ2n) is 4.26. The van der Waals surface area contributed by atoms with Crippen molar-refractivity contribution in [2.75, 3.05) is 13.2 Å².